The van der Waals surface area contributed by atoms with Crippen LogP contribution in [0.2, 0.25) is 0 Å². The molecule has 0 aromatic rings. The normalized spacial score (nSPS) is 14.0. The minimum Gasteiger partial charge on any atom is -0.462 e. The van der Waals surface area contributed by atoms with Gasteiger partial charge in [-0.3, -0.25) is 37.3 Å². The lowest BCUT2D eigenvalue weighted by molar-refractivity contribution is -0.161. The summed E-state index contributed by atoms with van der Waals surface area (Å²) in [5.74, 6) is -1.32. The Bertz CT molecular complexity index is 2030. The molecule has 3 unspecified atom stereocenters. The number of rotatable bonds is 88. The molecule has 17 nitrogen and oxygen atoms in total. The van der Waals surface area contributed by atoms with Gasteiger partial charge >= 0.3 is 39.5 Å². The first-order valence-corrected chi connectivity index (χ1v) is 48.7. The second-order valence-electron chi connectivity index (χ2n) is 31.9. The highest BCUT2D eigenvalue weighted by Crippen LogP contribution is 2.45. The van der Waals surface area contributed by atoms with E-state index in [1.165, 1.54) is 302 Å². The second kappa shape index (κ2) is 80.7. The molecule has 3 N–H and O–H groups in total. The highest BCUT2D eigenvalue weighted by Gasteiger charge is 2.30. The molecule has 0 radical (unpaired) electrons. The molecule has 19 heteroatoms. The lowest BCUT2D eigenvalue weighted by atomic mass is 9.99. The minimum atomic E-state index is -4.97. The molecule has 0 amide bonds. The number of phosphoric acid groups is 2. The van der Waals surface area contributed by atoms with Gasteiger partial charge in [-0.05, 0) is 31.6 Å². The monoisotopic (exact) mass is 1560 g/mol. The van der Waals surface area contributed by atoms with Crippen LogP contribution in [0.15, 0.2) is 0 Å². The van der Waals surface area contributed by atoms with Crippen LogP contribution in [0.25, 0.3) is 0 Å². The SMILES string of the molecule is CCCCCCCCCCCCCCCCCCCCCCC(=O)O[C@H](COC(=O)CCCCCCCCCCCCCCCCCCCCC)COP(=O)(O)OC[C@@H](O)COP(=O)(O)OC[C@@H](COC(=O)CCCCCCCCCCC(C)CC)OC(=O)CCCCCCCCCCCCCCCCCC. The number of ether oxygens (including phenoxy) is 4. The second-order valence-corrected chi connectivity index (χ2v) is 34.8. The topological polar surface area (TPSA) is 237 Å². The summed E-state index contributed by atoms with van der Waals surface area (Å²) in [7, 11) is -9.93. The molecule has 0 saturated heterocycles. The van der Waals surface area contributed by atoms with Gasteiger partial charge in [-0.1, -0.05) is 426 Å². The molecular formula is C88H172O17P2. The number of carbonyl (C=O) groups excluding carboxylic acids is 4. The number of aliphatic hydroxyl groups is 1. The van der Waals surface area contributed by atoms with Gasteiger partial charge in [0.2, 0.25) is 0 Å². The maximum absolute atomic E-state index is 13.2. The largest absolute Gasteiger partial charge is 0.472 e. The van der Waals surface area contributed by atoms with Gasteiger partial charge < -0.3 is 33.8 Å². The van der Waals surface area contributed by atoms with E-state index in [2.05, 4.69) is 34.6 Å². The van der Waals surface area contributed by atoms with Gasteiger partial charge in [0, 0.05) is 25.7 Å². The molecule has 107 heavy (non-hydrogen) atoms. The molecule has 0 fully saturated rings. The molecule has 0 aliphatic heterocycles. The third kappa shape index (κ3) is 80.5. The summed E-state index contributed by atoms with van der Waals surface area (Å²) < 4.78 is 69.0. The minimum absolute atomic E-state index is 0.108. The van der Waals surface area contributed by atoms with Gasteiger partial charge in [-0.2, -0.15) is 0 Å². The van der Waals surface area contributed by atoms with E-state index < -0.39 is 97.5 Å². The molecule has 0 saturated carbocycles. The molecule has 636 valence electrons. The summed E-state index contributed by atoms with van der Waals surface area (Å²) in [6.07, 6.45) is 75.0. The summed E-state index contributed by atoms with van der Waals surface area (Å²) >= 11 is 0. The number of aliphatic hydroxyl groups excluding tert-OH is 1. The van der Waals surface area contributed by atoms with Crippen molar-refractivity contribution in [2.24, 2.45) is 5.92 Å². The quantitative estimate of drug-likeness (QED) is 0.0222. The van der Waals surface area contributed by atoms with Gasteiger partial charge in [0.05, 0.1) is 26.4 Å². The Balaban J connectivity index is 5.25. The standard InChI is InChI=1S/C88H172O17P2/c1-6-10-13-16-19-22-25-28-31-34-36-38-40-43-46-49-52-59-64-69-74-87(92)104-83(77-98-85(90)71-66-61-56-50-47-44-42-39-37-35-32-29-26-23-20-17-14-11-7-2)79-102-106(94,95)100-75-82(89)76-101-107(96,97)103-80-84(78-99-86(91)72-67-62-57-54-53-55-60-65-70-81(5)9-4)105-88(93)73-68-63-58-51-48-45-41-33-30-27-24-21-18-15-12-8-3/h81-84,89H,6-80H2,1-5H3,(H,94,95)(H,96,97)/t81?,82-,83-,84-/m1/s1. The van der Waals surface area contributed by atoms with Crippen LogP contribution in [-0.4, -0.2) is 96.7 Å². The van der Waals surface area contributed by atoms with E-state index in [-0.39, 0.29) is 25.7 Å². The van der Waals surface area contributed by atoms with E-state index in [4.69, 9.17) is 37.0 Å². The first kappa shape index (κ1) is 105. The van der Waals surface area contributed by atoms with Crippen molar-refractivity contribution in [1.29, 1.82) is 0 Å². The van der Waals surface area contributed by atoms with Crippen LogP contribution >= 0.6 is 15.6 Å². The van der Waals surface area contributed by atoms with E-state index in [9.17, 15) is 43.2 Å². The summed E-state index contributed by atoms with van der Waals surface area (Å²) in [4.78, 5) is 73.3. The number of hydrogen-bond donors (Lipinski definition) is 3. The van der Waals surface area contributed by atoms with Gasteiger partial charge in [0.1, 0.15) is 19.3 Å². The lowest BCUT2D eigenvalue weighted by Crippen LogP contribution is -2.30. The summed E-state index contributed by atoms with van der Waals surface area (Å²) in [6.45, 7) is 7.38. The van der Waals surface area contributed by atoms with Crippen LogP contribution in [0, 0.1) is 5.92 Å². The third-order valence-electron chi connectivity index (χ3n) is 21.1. The van der Waals surface area contributed by atoms with Crippen molar-refractivity contribution in [3.05, 3.63) is 0 Å². The van der Waals surface area contributed by atoms with Crippen LogP contribution in [0.1, 0.15) is 478 Å². The average molecular weight is 1560 g/mol. The highest BCUT2D eigenvalue weighted by molar-refractivity contribution is 7.47. The molecule has 0 aliphatic rings. The molecule has 0 aliphatic carbocycles. The van der Waals surface area contributed by atoms with Crippen molar-refractivity contribution in [2.45, 2.75) is 496 Å². The Morgan fingerprint density at radius 2 is 0.449 bits per heavy atom. The molecule has 0 bridgehead atoms. The molecular weight excluding hydrogens is 1390 g/mol. The Morgan fingerprint density at radius 1 is 0.262 bits per heavy atom. The van der Waals surface area contributed by atoms with E-state index in [1.54, 1.807) is 0 Å². The van der Waals surface area contributed by atoms with Crippen molar-refractivity contribution in [3.63, 3.8) is 0 Å². The Morgan fingerprint density at radius 3 is 0.664 bits per heavy atom. The zero-order valence-electron chi connectivity index (χ0n) is 70.3. The zero-order chi connectivity index (χ0) is 78.3. The van der Waals surface area contributed by atoms with Crippen molar-refractivity contribution in [1.82, 2.24) is 0 Å². The predicted octanol–water partition coefficient (Wildman–Crippen LogP) is 27.2. The maximum atomic E-state index is 13.2. The average Bonchev–Trinajstić information content (AvgIpc) is 0.900. The lowest BCUT2D eigenvalue weighted by Gasteiger charge is -2.21. The van der Waals surface area contributed by atoms with Crippen LogP contribution in [0.5, 0.6) is 0 Å². The number of phosphoric ester groups is 2. The van der Waals surface area contributed by atoms with Crippen molar-refractivity contribution >= 4 is 39.5 Å². The maximum Gasteiger partial charge on any atom is 0.472 e. The smallest absolute Gasteiger partial charge is 0.462 e. The first-order valence-electron chi connectivity index (χ1n) is 45.7. The van der Waals surface area contributed by atoms with Crippen molar-refractivity contribution < 1.29 is 80.2 Å². The fraction of sp³-hybridized carbons (Fsp3) is 0.955. The Hall–Kier alpha value is -1.94. The Labute approximate surface area is 658 Å². The van der Waals surface area contributed by atoms with Crippen molar-refractivity contribution in [2.75, 3.05) is 39.6 Å². The van der Waals surface area contributed by atoms with Crippen LogP contribution in [0.3, 0.4) is 0 Å². The number of carbonyl (C=O) groups is 4. The fourth-order valence-electron chi connectivity index (χ4n) is 13.8. The number of unbranched alkanes of at least 4 members (excludes halogenated alkanes) is 59. The number of hydrogen-bond acceptors (Lipinski definition) is 15. The highest BCUT2D eigenvalue weighted by atomic mass is 31.2. The Kier molecular flexibility index (Phi) is 79.2. The molecule has 0 aromatic heterocycles. The van der Waals surface area contributed by atoms with Crippen LogP contribution < -0.4 is 0 Å². The summed E-state index contributed by atoms with van der Waals surface area (Å²) in [5, 5.41) is 10.7. The van der Waals surface area contributed by atoms with E-state index in [0.29, 0.717) is 25.7 Å². The molecule has 0 heterocycles. The predicted molar refractivity (Wildman–Crippen MR) is 442 cm³/mol. The van der Waals surface area contributed by atoms with E-state index in [0.717, 1.165) is 95.8 Å². The van der Waals surface area contributed by atoms with Gasteiger partial charge in [0.15, 0.2) is 12.2 Å². The van der Waals surface area contributed by atoms with E-state index >= 15 is 0 Å². The van der Waals surface area contributed by atoms with Crippen LogP contribution in [0.4, 0.5) is 0 Å². The zero-order valence-corrected chi connectivity index (χ0v) is 72.1. The molecule has 0 aromatic carbocycles. The van der Waals surface area contributed by atoms with E-state index in [1.807, 2.05) is 0 Å². The molecule has 0 rings (SSSR count). The molecule has 0 spiro atoms. The van der Waals surface area contributed by atoms with Gasteiger partial charge in [0.25, 0.3) is 0 Å². The molecule has 6 atom stereocenters. The third-order valence-corrected chi connectivity index (χ3v) is 23.0. The van der Waals surface area contributed by atoms with Crippen LogP contribution in [-0.2, 0) is 65.4 Å². The van der Waals surface area contributed by atoms with Gasteiger partial charge in [-0.25, -0.2) is 9.13 Å². The first-order chi connectivity index (χ1) is 52.1. The van der Waals surface area contributed by atoms with Gasteiger partial charge in [-0.15, -0.1) is 0 Å². The fourth-order valence-corrected chi connectivity index (χ4v) is 15.4. The number of esters is 4. The summed E-state index contributed by atoms with van der Waals surface area (Å²) in [5.41, 5.74) is 0. The summed E-state index contributed by atoms with van der Waals surface area (Å²) in [6, 6.07) is 0. The van der Waals surface area contributed by atoms with Crippen molar-refractivity contribution in [3.8, 4) is 0 Å².